The van der Waals surface area contributed by atoms with Gasteiger partial charge in [0.15, 0.2) is 0 Å². The van der Waals surface area contributed by atoms with Crippen LogP contribution in [0.25, 0.3) is 0 Å². The summed E-state index contributed by atoms with van der Waals surface area (Å²) in [5.74, 6) is -0.619. The Kier molecular flexibility index (Phi) is 3.51. The standard InChI is InChI=1S/C9H12N2O4S/c1-11(16(10,13)14)8-6-4-3-5-7(8)9(12)15-2/h3-6H,1-2H3,(H2,10,13,14). The molecule has 0 atom stereocenters. The lowest BCUT2D eigenvalue weighted by Crippen LogP contribution is -2.34. The Balaban J connectivity index is 3.29. The summed E-state index contributed by atoms with van der Waals surface area (Å²) >= 11 is 0. The molecule has 0 aliphatic carbocycles. The van der Waals surface area contributed by atoms with E-state index in [1.807, 2.05) is 0 Å². The van der Waals surface area contributed by atoms with Crippen LogP contribution in [0.1, 0.15) is 10.4 Å². The van der Waals surface area contributed by atoms with E-state index >= 15 is 0 Å². The third kappa shape index (κ3) is 2.50. The van der Waals surface area contributed by atoms with Gasteiger partial charge in [-0.15, -0.1) is 0 Å². The quantitative estimate of drug-likeness (QED) is 0.764. The largest absolute Gasteiger partial charge is 0.465 e. The van der Waals surface area contributed by atoms with Gasteiger partial charge >= 0.3 is 5.97 Å². The number of anilines is 1. The van der Waals surface area contributed by atoms with Crippen molar-refractivity contribution in [1.82, 2.24) is 0 Å². The molecule has 1 rings (SSSR count). The lowest BCUT2D eigenvalue weighted by atomic mass is 10.2. The summed E-state index contributed by atoms with van der Waals surface area (Å²) in [7, 11) is -1.42. The first-order valence-electron chi connectivity index (χ1n) is 4.32. The van der Waals surface area contributed by atoms with Crippen LogP contribution in [-0.4, -0.2) is 28.5 Å². The van der Waals surface area contributed by atoms with Gasteiger partial charge in [-0.05, 0) is 12.1 Å². The molecule has 0 aliphatic rings. The van der Waals surface area contributed by atoms with E-state index in [1.165, 1.54) is 26.3 Å². The number of carbonyl (C=O) groups excluding carboxylic acids is 1. The van der Waals surface area contributed by atoms with E-state index in [9.17, 15) is 13.2 Å². The third-order valence-electron chi connectivity index (χ3n) is 2.03. The van der Waals surface area contributed by atoms with Gasteiger partial charge in [0, 0.05) is 7.05 Å². The molecule has 0 heterocycles. The average molecular weight is 244 g/mol. The van der Waals surface area contributed by atoms with Crippen LogP contribution in [-0.2, 0) is 14.9 Å². The monoisotopic (exact) mass is 244 g/mol. The second-order valence-electron chi connectivity index (χ2n) is 3.02. The number of nitrogens with zero attached hydrogens (tertiary/aromatic N) is 1. The molecular formula is C9H12N2O4S. The second kappa shape index (κ2) is 4.50. The van der Waals surface area contributed by atoms with Gasteiger partial charge in [0.05, 0.1) is 18.4 Å². The van der Waals surface area contributed by atoms with E-state index in [1.54, 1.807) is 12.1 Å². The van der Waals surface area contributed by atoms with E-state index in [0.717, 1.165) is 4.31 Å². The van der Waals surface area contributed by atoms with Crippen molar-refractivity contribution in [2.24, 2.45) is 5.14 Å². The number of hydrogen-bond acceptors (Lipinski definition) is 4. The Labute approximate surface area is 93.8 Å². The fourth-order valence-electron chi connectivity index (χ4n) is 1.17. The number of rotatable bonds is 3. The molecule has 88 valence electrons. The Morgan fingerprint density at radius 3 is 2.44 bits per heavy atom. The SMILES string of the molecule is COC(=O)c1ccccc1N(C)S(N)(=O)=O. The van der Waals surface area contributed by atoms with Crippen LogP contribution in [0.5, 0.6) is 0 Å². The Morgan fingerprint density at radius 2 is 1.94 bits per heavy atom. The van der Waals surface area contributed by atoms with Crippen LogP contribution in [0.2, 0.25) is 0 Å². The number of nitrogens with two attached hydrogens (primary N) is 1. The number of esters is 1. The molecule has 7 heteroatoms. The number of carbonyl (C=O) groups is 1. The zero-order valence-corrected chi connectivity index (χ0v) is 9.69. The van der Waals surface area contributed by atoms with Crippen molar-refractivity contribution in [2.45, 2.75) is 0 Å². The summed E-state index contributed by atoms with van der Waals surface area (Å²) in [5.41, 5.74) is 0.318. The van der Waals surface area contributed by atoms with Crippen molar-refractivity contribution in [2.75, 3.05) is 18.5 Å². The van der Waals surface area contributed by atoms with E-state index in [-0.39, 0.29) is 11.3 Å². The van der Waals surface area contributed by atoms with Crippen molar-refractivity contribution in [3.8, 4) is 0 Å². The number of hydrogen-bond donors (Lipinski definition) is 1. The van der Waals surface area contributed by atoms with Crippen molar-refractivity contribution >= 4 is 21.9 Å². The van der Waals surface area contributed by atoms with Gasteiger partial charge in [-0.2, -0.15) is 8.42 Å². The molecular weight excluding hydrogens is 232 g/mol. The van der Waals surface area contributed by atoms with Crippen LogP contribution in [0, 0.1) is 0 Å². The van der Waals surface area contributed by atoms with Gasteiger partial charge in [0.1, 0.15) is 0 Å². The molecule has 0 fully saturated rings. The average Bonchev–Trinajstić information content (AvgIpc) is 2.25. The van der Waals surface area contributed by atoms with E-state index in [4.69, 9.17) is 5.14 Å². The molecule has 0 radical (unpaired) electrons. The summed E-state index contributed by atoms with van der Waals surface area (Å²) in [4.78, 5) is 11.4. The summed E-state index contributed by atoms with van der Waals surface area (Å²) in [6, 6.07) is 6.13. The van der Waals surface area contributed by atoms with Crippen LogP contribution < -0.4 is 9.44 Å². The lowest BCUT2D eigenvalue weighted by molar-refractivity contribution is 0.0601. The second-order valence-corrected chi connectivity index (χ2v) is 4.60. The van der Waals surface area contributed by atoms with E-state index < -0.39 is 16.2 Å². The number of para-hydroxylation sites is 1. The molecule has 0 aromatic heterocycles. The predicted octanol–water partition coefficient (Wildman–Crippen LogP) is 0.113. The van der Waals surface area contributed by atoms with Crippen LogP contribution in [0.15, 0.2) is 24.3 Å². The Hall–Kier alpha value is -1.60. The fourth-order valence-corrected chi connectivity index (χ4v) is 1.60. The number of benzene rings is 1. The van der Waals surface area contributed by atoms with Gasteiger partial charge in [0.2, 0.25) is 0 Å². The smallest absolute Gasteiger partial charge is 0.340 e. The van der Waals surface area contributed by atoms with Crippen LogP contribution >= 0.6 is 0 Å². The molecule has 0 unspecified atom stereocenters. The van der Waals surface area contributed by atoms with Crippen molar-refractivity contribution in [3.05, 3.63) is 29.8 Å². The highest BCUT2D eigenvalue weighted by atomic mass is 32.2. The maximum absolute atomic E-state index is 11.4. The van der Waals surface area contributed by atoms with Gasteiger partial charge in [0.25, 0.3) is 10.2 Å². The topological polar surface area (TPSA) is 89.7 Å². The fraction of sp³-hybridized carbons (Fsp3) is 0.222. The Morgan fingerprint density at radius 1 is 1.38 bits per heavy atom. The molecule has 0 saturated heterocycles. The normalized spacial score (nSPS) is 10.9. The molecule has 0 saturated carbocycles. The highest BCUT2D eigenvalue weighted by Crippen LogP contribution is 2.21. The maximum atomic E-state index is 11.4. The molecule has 2 N–H and O–H groups in total. The minimum atomic E-state index is -3.89. The molecule has 0 bridgehead atoms. The minimum absolute atomic E-state index is 0.140. The molecule has 0 spiro atoms. The molecule has 0 aliphatic heterocycles. The summed E-state index contributed by atoms with van der Waals surface area (Å²) in [6.07, 6.45) is 0. The lowest BCUT2D eigenvalue weighted by Gasteiger charge is -2.18. The molecule has 16 heavy (non-hydrogen) atoms. The third-order valence-corrected chi connectivity index (χ3v) is 2.99. The zero-order chi connectivity index (χ0) is 12.3. The van der Waals surface area contributed by atoms with Crippen LogP contribution in [0.4, 0.5) is 5.69 Å². The molecule has 0 amide bonds. The first-order valence-corrected chi connectivity index (χ1v) is 5.82. The molecule has 6 nitrogen and oxygen atoms in total. The number of ether oxygens (including phenoxy) is 1. The minimum Gasteiger partial charge on any atom is -0.465 e. The van der Waals surface area contributed by atoms with E-state index in [0.29, 0.717) is 0 Å². The highest BCUT2D eigenvalue weighted by Gasteiger charge is 2.19. The van der Waals surface area contributed by atoms with Crippen molar-refractivity contribution < 1.29 is 17.9 Å². The first kappa shape index (κ1) is 12.5. The predicted molar refractivity (Wildman–Crippen MR) is 59.3 cm³/mol. The van der Waals surface area contributed by atoms with Gasteiger partial charge < -0.3 is 4.74 Å². The molecule has 1 aromatic carbocycles. The zero-order valence-electron chi connectivity index (χ0n) is 8.88. The molecule has 1 aromatic rings. The Bertz CT molecular complexity index is 498. The summed E-state index contributed by atoms with van der Waals surface area (Å²) in [6.45, 7) is 0. The van der Waals surface area contributed by atoms with Gasteiger partial charge in [-0.3, -0.25) is 4.31 Å². The van der Waals surface area contributed by atoms with Gasteiger partial charge in [-0.1, -0.05) is 12.1 Å². The van der Waals surface area contributed by atoms with Crippen LogP contribution in [0.3, 0.4) is 0 Å². The van der Waals surface area contributed by atoms with Crippen molar-refractivity contribution in [1.29, 1.82) is 0 Å². The maximum Gasteiger partial charge on any atom is 0.340 e. The first-order chi connectivity index (χ1) is 7.38. The van der Waals surface area contributed by atoms with Crippen molar-refractivity contribution in [3.63, 3.8) is 0 Å². The summed E-state index contributed by atoms with van der Waals surface area (Å²) < 4.78 is 27.7. The van der Waals surface area contributed by atoms with E-state index in [2.05, 4.69) is 4.74 Å². The summed E-state index contributed by atoms with van der Waals surface area (Å²) in [5, 5.41) is 4.97. The highest BCUT2D eigenvalue weighted by molar-refractivity contribution is 7.90. The van der Waals surface area contributed by atoms with Gasteiger partial charge in [-0.25, -0.2) is 9.93 Å². The number of methoxy groups -OCH3 is 1.